The Kier molecular flexibility index (Phi) is 7.50. The van der Waals surface area contributed by atoms with Crippen LogP contribution in [0, 0.1) is 0 Å². The van der Waals surface area contributed by atoms with Crippen molar-refractivity contribution < 1.29 is 19.1 Å². The number of amides is 1. The Morgan fingerprint density at radius 2 is 1.84 bits per heavy atom. The molecule has 0 spiro atoms. The number of ketones is 1. The largest absolute Gasteiger partial charge is 0.484 e. The van der Waals surface area contributed by atoms with E-state index >= 15 is 0 Å². The van der Waals surface area contributed by atoms with Crippen LogP contribution in [0.2, 0.25) is 0 Å². The van der Waals surface area contributed by atoms with Crippen LogP contribution in [0.4, 0.5) is 0 Å². The third-order valence-corrected chi connectivity index (χ3v) is 4.78. The van der Waals surface area contributed by atoms with E-state index in [0.717, 1.165) is 0 Å². The van der Waals surface area contributed by atoms with Crippen molar-refractivity contribution in [3.05, 3.63) is 70.3 Å². The van der Waals surface area contributed by atoms with E-state index in [9.17, 15) is 14.4 Å². The summed E-state index contributed by atoms with van der Waals surface area (Å²) >= 11 is 0. The molecule has 0 aliphatic rings. The molecule has 1 heterocycles. The fourth-order valence-corrected chi connectivity index (χ4v) is 3.06. The first-order valence-corrected chi connectivity index (χ1v) is 10.0. The Morgan fingerprint density at radius 3 is 2.55 bits per heavy atom. The van der Waals surface area contributed by atoms with Crippen molar-refractivity contribution in [1.29, 1.82) is 0 Å². The number of para-hydroxylation sites is 1. The summed E-state index contributed by atoms with van der Waals surface area (Å²) in [6.07, 6.45) is 0.429. The Hall–Kier alpha value is -3.52. The highest BCUT2D eigenvalue weighted by atomic mass is 16.5. The second-order valence-electron chi connectivity index (χ2n) is 6.93. The highest BCUT2D eigenvalue weighted by molar-refractivity contribution is 5.95. The van der Waals surface area contributed by atoms with Crippen molar-refractivity contribution in [1.82, 2.24) is 14.9 Å². The monoisotopic (exact) mass is 423 g/mol. The third kappa shape index (κ3) is 5.76. The first-order chi connectivity index (χ1) is 15.0. The van der Waals surface area contributed by atoms with E-state index in [2.05, 4.69) is 9.97 Å². The molecule has 1 aromatic heterocycles. The van der Waals surface area contributed by atoms with E-state index in [1.807, 2.05) is 0 Å². The standard InChI is InChI=1S/C23H25N3O5/c1-3-20(27)16-8-10-17(11-9-16)31-15-22(28)26(12-13-30-2)14-21-24-19-7-5-4-6-18(19)23(29)25-21/h4-11H,3,12-15H2,1-2H3,(H,24,25,29). The van der Waals surface area contributed by atoms with Gasteiger partial charge in [0.2, 0.25) is 0 Å². The predicted molar refractivity (Wildman–Crippen MR) is 116 cm³/mol. The van der Waals surface area contributed by atoms with Gasteiger partial charge in [0, 0.05) is 25.6 Å². The molecule has 0 atom stereocenters. The van der Waals surface area contributed by atoms with Gasteiger partial charge in [0.05, 0.1) is 24.1 Å². The number of methoxy groups -OCH3 is 1. The van der Waals surface area contributed by atoms with Gasteiger partial charge in [-0.05, 0) is 36.4 Å². The summed E-state index contributed by atoms with van der Waals surface area (Å²) in [5.74, 6) is 0.646. The van der Waals surface area contributed by atoms with Crippen molar-refractivity contribution in [3.63, 3.8) is 0 Å². The van der Waals surface area contributed by atoms with E-state index < -0.39 is 0 Å². The van der Waals surface area contributed by atoms with Crippen molar-refractivity contribution in [2.45, 2.75) is 19.9 Å². The lowest BCUT2D eigenvalue weighted by Gasteiger charge is -2.22. The number of fused-ring (bicyclic) bond motifs is 1. The number of ether oxygens (including phenoxy) is 2. The van der Waals surface area contributed by atoms with Gasteiger partial charge in [0.15, 0.2) is 12.4 Å². The summed E-state index contributed by atoms with van der Waals surface area (Å²) in [4.78, 5) is 45.5. The SMILES string of the molecule is CCC(=O)c1ccc(OCC(=O)N(CCOC)Cc2nc3ccccc3c(=O)[nH]2)cc1. The van der Waals surface area contributed by atoms with Crippen molar-refractivity contribution in [2.75, 3.05) is 26.9 Å². The lowest BCUT2D eigenvalue weighted by molar-refractivity contribution is -0.134. The maximum absolute atomic E-state index is 12.8. The quantitative estimate of drug-likeness (QED) is 0.503. The molecule has 3 rings (SSSR count). The molecule has 0 fully saturated rings. The van der Waals surface area contributed by atoms with Gasteiger partial charge in [-0.3, -0.25) is 14.4 Å². The molecule has 0 saturated carbocycles. The maximum atomic E-state index is 12.8. The molecule has 1 N–H and O–H groups in total. The Bertz CT molecular complexity index is 1110. The summed E-state index contributed by atoms with van der Waals surface area (Å²) in [5, 5.41) is 0.495. The van der Waals surface area contributed by atoms with Crippen molar-refractivity contribution >= 4 is 22.6 Å². The number of aromatic nitrogens is 2. The minimum Gasteiger partial charge on any atom is -0.484 e. The van der Waals surface area contributed by atoms with Crippen LogP contribution in [0.25, 0.3) is 10.9 Å². The first kappa shape index (κ1) is 22.2. The van der Waals surface area contributed by atoms with Crippen LogP contribution < -0.4 is 10.3 Å². The predicted octanol–water partition coefficient (Wildman–Crippen LogP) is 2.57. The number of carbonyl (C=O) groups excluding carboxylic acids is 2. The van der Waals surface area contributed by atoms with Crippen LogP contribution in [0.5, 0.6) is 5.75 Å². The highest BCUT2D eigenvalue weighted by Crippen LogP contribution is 2.14. The Balaban J connectivity index is 1.69. The number of benzene rings is 2. The summed E-state index contributed by atoms with van der Waals surface area (Å²) in [7, 11) is 1.55. The van der Waals surface area contributed by atoms with Crippen LogP contribution in [0.15, 0.2) is 53.3 Å². The van der Waals surface area contributed by atoms with Crippen molar-refractivity contribution in [2.24, 2.45) is 0 Å². The lowest BCUT2D eigenvalue weighted by atomic mass is 10.1. The smallest absolute Gasteiger partial charge is 0.260 e. The average Bonchev–Trinajstić information content (AvgIpc) is 2.80. The number of aromatic amines is 1. The van der Waals surface area contributed by atoms with Crippen LogP contribution in [0.3, 0.4) is 0 Å². The number of nitrogens with one attached hydrogen (secondary N) is 1. The van der Waals surface area contributed by atoms with Gasteiger partial charge in [-0.2, -0.15) is 0 Å². The molecule has 2 aromatic carbocycles. The van der Waals surface area contributed by atoms with Crippen LogP contribution in [-0.2, 0) is 16.1 Å². The number of hydrogen-bond acceptors (Lipinski definition) is 6. The Labute approximate surface area is 179 Å². The molecule has 3 aromatic rings. The minimum absolute atomic E-state index is 0.0465. The highest BCUT2D eigenvalue weighted by Gasteiger charge is 2.17. The summed E-state index contributed by atoms with van der Waals surface area (Å²) in [5.41, 5.74) is 0.922. The number of nitrogens with zero attached hydrogens (tertiary/aromatic N) is 2. The molecular weight excluding hydrogens is 398 g/mol. The normalized spacial score (nSPS) is 10.8. The molecule has 0 unspecified atom stereocenters. The molecule has 162 valence electrons. The number of rotatable bonds is 10. The molecule has 1 amide bonds. The van der Waals surface area contributed by atoms with E-state index in [-0.39, 0.29) is 30.4 Å². The molecule has 31 heavy (non-hydrogen) atoms. The number of Topliss-reactive ketones (excluding diaryl/α,β-unsaturated/α-hetero) is 1. The zero-order valence-corrected chi connectivity index (χ0v) is 17.6. The summed E-state index contributed by atoms with van der Waals surface area (Å²) in [6.45, 7) is 2.38. The van der Waals surface area contributed by atoms with Gasteiger partial charge in [-0.15, -0.1) is 0 Å². The van der Waals surface area contributed by atoms with E-state index in [4.69, 9.17) is 9.47 Å². The van der Waals surface area contributed by atoms with E-state index in [1.165, 1.54) is 4.90 Å². The molecule has 0 aliphatic carbocycles. The van der Waals surface area contributed by atoms with Gasteiger partial charge >= 0.3 is 0 Å². The van der Waals surface area contributed by atoms with Gasteiger partial charge in [0.1, 0.15) is 11.6 Å². The molecule has 0 aliphatic heterocycles. The lowest BCUT2D eigenvalue weighted by Crippen LogP contribution is -2.37. The van der Waals surface area contributed by atoms with Gasteiger partial charge < -0.3 is 19.4 Å². The van der Waals surface area contributed by atoms with Crippen LogP contribution >= 0.6 is 0 Å². The van der Waals surface area contributed by atoms with E-state index in [0.29, 0.717) is 47.6 Å². The topological polar surface area (TPSA) is 102 Å². The molecular formula is C23H25N3O5. The van der Waals surface area contributed by atoms with Gasteiger partial charge in [-0.25, -0.2) is 4.98 Å². The minimum atomic E-state index is -0.276. The molecule has 0 bridgehead atoms. The molecule has 8 nitrogen and oxygen atoms in total. The first-order valence-electron chi connectivity index (χ1n) is 10.0. The second-order valence-corrected chi connectivity index (χ2v) is 6.93. The molecule has 8 heteroatoms. The molecule has 0 radical (unpaired) electrons. The fourth-order valence-electron chi connectivity index (χ4n) is 3.06. The average molecular weight is 423 g/mol. The zero-order valence-electron chi connectivity index (χ0n) is 17.6. The van der Waals surface area contributed by atoms with Crippen LogP contribution in [0.1, 0.15) is 29.5 Å². The Morgan fingerprint density at radius 1 is 1.10 bits per heavy atom. The fraction of sp³-hybridized carbons (Fsp3) is 0.304. The van der Waals surface area contributed by atoms with Crippen molar-refractivity contribution in [3.8, 4) is 5.75 Å². The maximum Gasteiger partial charge on any atom is 0.260 e. The second kappa shape index (κ2) is 10.5. The zero-order chi connectivity index (χ0) is 22.2. The number of carbonyl (C=O) groups is 2. The summed E-state index contributed by atoms with van der Waals surface area (Å²) in [6, 6.07) is 13.7. The summed E-state index contributed by atoms with van der Waals surface area (Å²) < 4.78 is 10.7. The number of H-pyrrole nitrogens is 1. The molecule has 0 saturated heterocycles. The number of hydrogen-bond donors (Lipinski definition) is 1. The van der Waals surface area contributed by atoms with Crippen LogP contribution in [-0.4, -0.2) is 53.4 Å². The van der Waals surface area contributed by atoms with Gasteiger partial charge in [0.25, 0.3) is 11.5 Å². The van der Waals surface area contributed by atoms with Gasteiger partial charge in [-0.1, -0.05) is 19.1 Å². The van der Waals surface area contributed by atoms with E-state index in [1.54, 1.807) is 62.6 Å². The third-order valence-electron chi connectivity index (χ3n) is 4.78.